The number of unbranched alkanes of at least 4 members (excludes halogenated alkanes) is 2. The number of aryl methyl sites for hydroxylation is 1. The van der Waals surface area contributed by atoms with E-state index < -0.39 is 0 Å². The third-order valence-electron chi connectivity index (χ3n) is 6.94. The van der Waals surface area contributed by atoms with Crippen molar-refractivity contribution in [3.05, 3.63) is 54.1 Å². The van der Waals surface area contributed by atoms with Crippen molar-refractivity contribution >= 4 is 23.2 Å². The molecular formula is C32H42N4O3. The number of ketones is 2. The molecule has 1 aliphatic rings. The van der Waals surface area contributed by atoms with Crippen LogP contribution in [0, 0.1) is 5.92 Å². The lowest BCUT2D eigenvalue weighted by atomic mass is 9.95. The molecule has 0 fully saturated rings. The van der Waals surface area contributed by atoms with Gasteiger partial charge in [-0.25, -0.2) is 4.68 Å². The number of para-hydroxylation sites is 1. The van der Waals surface area contributed by atoms with Crippen molar-refractivity contribution in [2.75, 3.05) is 4.90 Å². The minimum absolute atomic E-state index is 0.0311. The van der Waals surface area contributed by atoms with E-state index in [1.807, 2.05) is 85.8 Å². The Hall–Kier alpha value is -3.61. The molecule has 0 bridgehead atoms. The Kier molecular flexibility index (Phi) is 11.1. The standard InChI is InChI=1S/C30H36N4O3.C2H6/c1-21(2)27(36)17-8-9-18-28(37)33-20-23-13-4-5-14-24(23)29-30(25-15-6-7-16-26(25)33)34(32-31-29)19-11-10-12-22(3)35;1-2/h4-7,13-16,21H,8-12,17-20H2,1-3H3;1-2H3. The molecule has 7 heteroatoms. The summed E-state index contributed by atoms with van der Waals surface area (Å²) >= 11 is 0. The maximum Gasteiger partial charge on any atom is 0.227 e. The van der Waals surface area contributed by atoms with Crippen LogP contribution in [0.5, 0.6) is 0 Å². The van der Waals surface area contributed by atoms with Gasteiger partial charge >= 0.3 is 0 Å². The highest BCUT2D eigenvalue weighted by Crippen LogP contribution is 2.41. The second-order valence-electron chi connectivity index (χ2n) is 10.2. The first-order valence-corrected chi connectivity index (χ1v) is 14.3. The van der Waals surface area contributed by atoms with Crippen LogP contribution in [0.3, 0.4) is 0 Å². The fraction of sp³-hybridized carbons (Fsp3) is 0.469. The Bertz CT molecular complexity index is 1280. The molecule has 0 N–H and O–H groups in total. The maximum absolute atomic E-state index is 13.6. The van der Waals surface area contributed by atoms with E-state index in [9.17, 15) is 14.4 Å². The number of fused-ring (bicyclic) bond motifs is 5. The third kappa shape index (κ3) is 7.49. The van der Waals surface area contributed by atoms with Gasteiger partial charge < -0.3 is 9.69 Å². The topological polar surface area (TPSA) is 85.2 Å². The summed E-state index contributed by atoms with van der Waals surface area (Å²) in [5.74, 6) is 0.511. The molecule has 0 unspecified atom stereocenters. The number of Topliss-reactive ketones (excluding diaryl/α,β-unsaturated/α-hetero) is 2. The molecule has 2 aromatic carbocycles. The van der Waals surface area contributed by atoms with Crippen molar-refractivity contribution < 1.29 is 14.4 Å². The predicted molar refractivity (Wildman–Crippen MR) is 156 cm³/mol. The van der Waals surface area contributed by atoms with Crippen LogP contribution in [-0.2, 0) is 27.5 Å². The maximum atomic E-state index is 13.6. The number of nitrogens with zero attached hydrogens (tertiary/aromatic N) is 4. The molecule has 39 heavy (non-hydrogen) atoms. The normalized spacial score (nSPS) is 11.9. The van der Waals surface area contributed by atoms with Crippen molar-refractivity contribution in [2.24, 2.45) is 5.92 Å². The zero-order chi connectivity index (χ0) is 28.4. The van der Waals surface area contributed by atoms with E-state index in [1.165, 1.54) is 0 Å². The van der Waals surface area contributed by atoms with Gasteiger partial charge in [0.15, 0.2) is 0 Å². The van der Waals surface area contributed by atoms with E-state index >= 15 is 0 Å². The van der Waals surface area contributed by atoms with Crippen LogP contribution in [0.15, 0.2) is 48.5 Å². The lowest BCUT2D eigenvalue weighted by Crippen LogP contribution is -2.31. The van der Waals surface area contributed by atoms with Gasteiger partial charge in [-0.1, -0.05) is 75.4 Å². The Morgan fingerprint density at radius 2 is 1.49 bits per heavy atom. The van der Waals surface area contributed by atoms with E-state index in [2.05, 4.69) is 10.3 Å². The zero-order valence-corrected chi connectivity index (χ0v) is 24.1. The van der Waals surface area contributed by atoms with Gasteiger partial charge in [0.1, 0.15) is 17.3 Å². The first-order valence-electron chi connectivity index (χ1n) is 14.3. The lowest BCUT2D eigenvalue weighted by Gasteiger charge is -2.29. The van der Waals surface area contributed by atoms with E-state index in [1.54, 1.807) is 6.92 Å². The van der Waals surface area contributed by atoms with Gasteiger partial charge in [-0.3, -0.25) is 9.59 Å². The van der Waals surface area contributed by atoms with Gasteiger partial charge in [-0.15, -0.1) is 5.10 Å². The molecule has 1 aliphatic heterocycles. The average Bonchev–Trinajstić information content (AvgIpc) is 3.35. The van der Waals surface area contributed by atoms with Gasteiger partial charge in [0, 0.05) is 42.9 Å². The van der Waals surface area contributed by atoms with Crippen molar-refractivity contribution in [1.82, 2.24) is 15.0 Å². The van der Waals surface area contributed by atoms with Gasteiger partial charge in [-0.2, -0.15) is 0 Å². The molecular weight excluding hydrogens is 488 g/mol. The summed E-state index contributed by atoms with van der Waals surface area (Å²) in [4.78, 5) is 38.9. The number of carbonyl (C=O) groups excluding carboxylic acids is 3. The summed E-state index contributed by atoms with van der Waals surface area (Å²) in [5.41, 5.74) is 5.47. The summed E-state index contributed by atoms with van der Waals surface area (Å²) in [5, 5.41) is 9.09. The SMILES string of the molecule is CC.CC(=O)CCCCn1nnc2c1-c1ccccc1N(C(=O)CCCCC(=O)C(C)C)Cc1ccccc1-2. The minimum Gasteiger partial charge on any atom is -0.307 e. The smallest absolute Gasteiger partial charge is 0.227 e. The number of anilines is 1. The van der Waals surface area contributed by atoms with Crippen molar-refractivity contribution in [1.29, 1.82) is 0 Å². The fourth-order valence-electron chi connectivity index (χ4n) is 4.83. The van der Waals surface area contributed by atoms with Crippen molar-refractivity contribution in [3.8, 4) is 22.5 Å². The number of aromatic nitrogens is 3. The summed E-state index contributed by atoms with van der Waals surface area (Å²) in [6.07, 6.45) is 4.47. The molecule has 2 heterocycles. The van der Waals surface area contributed by atoms with Crippen LogP contribution in [0.1, 0.15) is 85.1 Å². The number of carbonyl (C=O) groups is 3. The van der Waals surface area contributed by atoms with E-state index in [0.717, 1.165) is 53.0 Å². The van der Waals surface area contributed by atoms with E-state index in [4.69, 9.17) is 0 Å². The monoisotopic (exact) mass is 530 g/mol. The first kappa shape index (κ1) is 29.9. The Morgan fingerprint density at radius 3 is 2.21 bits per heavy atom. The molecule has 1 amide bonds. The molecule has 0 atom stereocenters. The number of benzene rings is 2. The molecule has 0 radical (unpaired) electrons. The molecule has 0 saturated heterocycles. The highest BCUT2D eigenvalue weighted by Gasteiger charge is 2.28. The number of hydrogen-bond donors (Lipinski definition) is 0. The van der Waals surface area contributed by atoms with Crippen LogP contribution in [0.4, 0.5) is 5.69 Å². The Labute approximate surface area is 232 Å². The lowest BCUT2D eigenvalue weighted by molar-refractivity contribution is -0.122. The first-order chi connectivity index (χ1) is 18.9. The summed E-state index contributed by atoms with van der Waals surface area (Å²) < 4.78 is 1.91. The van der Waals surface area contributed by atoms with Gasteiger partial charge in [0.2, 0.25) is 5.91 Å². The highest BCUT2D eigenvalue weighted by atomic mass is 16.2. The predicted octanol–water partition coefficient (Wildman–Crippen LogP) is 7.03. The molecule has 4 rings (SSSR count). The highest BCUT2D eigenvalue weighted by molar-refractivity contribution is 6.00. The third-order valence-corrected chi connectivity index (χ3v) is 6.94. The van der Waals surface area contributed by atoms with Crippen molar-refractivity contribution in [2.45, 2.75) is 92.7 Å². The Balaban J connectivity index is 0.00000205. The molecule has 0 spiro atoms. The molecule has 0 aliphatic carbocycles. The van der Waals surface area contributed by atoms with Crippen LogP contribution < -0.4 is 4.90 Å². The van der Waals surface area contributed by atoms with Crippen LogP contribution in [0.25, 0.3) is 22.5 Å². The molecule has 0 saturated carbocycles. The van der Waals surface area contributed by atoms with E-state index in [-0.39, 0.29) is 23.4 Å². The fourth-order valence-corrected chi connectivity index (χ4v) is 4.83. The average molecular weight is 531 g/mol. The van der Waals surface area contributed by atoms with Crippen LogP contribution >= 0.6 is 0 Å². The number of rotatable bonds is 11. The molecule has 1 aromatic heterocycles. The molecule has 208 valence electrons. The Morgan fingerprint density at radius 1 is 0.846 bits per heavy atom. The molecule has 7 nitrogen and oxygen atoms in total. The van der Waals surface area contributed by atoms with Gasteiger partial charge in [-0.05, 0) is 44.2 Å². The summed E-state index contributed by atoms with van der Waals surface area (Å²) in [6.45, 7) is 10.5. The molecule has 3 aromatic rings. The van der Waals surface area contributed by atoms with Gasteiger partial charge in [0.25, 0.3) is 0 Å². The second-order valence-corrected chi connectivity index (χ2v) is 10.2. The van der Waals surface area contributed by atoms with E-state index in [0.29, 0.717) is 38.8 Å². The second kappa shape index (κ2) is 14.5. The van der Waals surface area contributed by atoms with Crippen molar-refractivity contribution in [3.63, 3.8) is 0 Å². The number of hydrogen-bond acceptors (Lipinski definition) is 5. The van der Waals surface area contributed by atoms with Crippen LogP contribution in [-0.4, -0.2) is 32.5 Å². The zero-order valence-electron chi connectivity index (χ0n) is 24.1. The quantitative estimate of drug-likeness (QED) is 0.248. The number of amides is 1. The minimum atomic E-state index is 0.0311. The summed E-state index contributed by atoms with van der Waals surface area (Å²) in [6, 6.07) is 16.0. The van der Waals surface area contributed by atoms with Crippen LogP contribution in [0.2, 0.25) is 0 Å². The summed E-state index contributed by atoms with van der Waals surface area (Å²) in [7, 11) is 0. The van der Waals surface area contributed by atoms with Gasteiger partial charge in [0.05, 0.1) is 17.9 Å². The largest absolute Gasteiger partial charge is 0.307 e.